The summed E-state index contributed by atoms with van der Waals surface area (Å²) in [5.74, 6) is 1.88. The van der Waals surface area contributed by atoms with Gasteiger partial charge >= 0.3 is 5.97 Å². The van der Waals surface area contributed by atoms with Crippen LogP contribution in [0.2, 0.25) is 0 Å². The SMILES string of the molecule is CC[S+]([O-])C(C)C[C@@H](C)Oc1ncc([C@](C)(N)CC)c2cc(Nc3ccc4c(n3)C(C)[C@H](C)OC4=O)ncc12. The molecule has 210 valence electrons. The van der Waals surface area contributed by atoms with E-state index in [-0.39, 0.29) is 29.3 Å². The molecule has 0 radical (unpaired) electrons. The van der Waals surface area contributed by atoms with E-state index in [0.717, 1.165) is 16.3 Å². The fraction of sp³-hybridized carbons (Fsp3) is 0.517. The molecule has 0 spiro atoms. The molecule has 3 unspecified atom stereocenters. The van der Waals surface area contributed by atoms with Crippen molar-refractivity contribution in [2.75, 3.05) is 11.1 Å². The van der Waals surface area contributed by atoms with Gasteiger partial charge < -0.3 is 25.1 Å². The Morgan fingerprint density at radius 2 is 1.92 bits per heavy atom. The number of nitrogens with two attached hydrogens (primary N) is 1. The first-order valence-electron chi connectivity index (χ1n) is 13.6. The molecule has 0 aliphatic carbocycles. The van der Waals surface area contributed by atoms with Crippen LogP contribution in [0.15, 0.2) is 30.6 Å². The first-order valence-corrected chi connectivity index (χ1v) is 14.9. The second-order valence-corrected chi connectivity index (χ2v) is 12.8. The third-order valence-electron chi connectivity index (χ3n) is 7.62. The van der Waals surface area contributed by atoms with Crippen molar-refractivity contribution in [1.82, 2.24) is 15.0 Å². The Morgan fingerprint density at radius 1 is 1.18 bits per heavy atom. The maximum absolute atomic E-state index is 12.3. The Morgan fingerprint density at radius 3 is 2.62 bits per heavy atom. The molecule has 4 rings (SSSR count). The number of carbonyl (C=O) groups excluding carboxylic acids is 1. The molecule has 9 nitrogen and oxygen atoms in total. The highest BCUT2D eigenvalue weighted by atomic mass is 32.2. The smallest absolute Gasteiger partial charge is 0.340 e. The molecule has 3 aromatic heterocycles. The van der Waals surface area contributed by atoms with Gasteiger partial charge in [0, 0.05) is 30.3 Å². The minimum Gasteiger partial charge on any atom is -0.616 e. The molecule has 1 aliphatic heterocycles. The minimum absolute atomic E-state index is 0.0218. The van der Waals surface area contributed by atoms with Crippen LogP contribution in [0.5, 0.6) is 5.88 Å². The van der Waals surface area contributed by atoms with Gasteiger partial charge in [0.1, 0.15) is 34.8 Å². The fourth-order valence-corrected chi connectivity index (χ4v) is 5.82. The van der Waals surface area contributed by atoms with Gasteiger partial charge in [-0.25, -0.2) is 19.7 Å². The Bertz CT molecular complexity index is 1350. The van der Waals surface area contributed by atoms with Crippen molar-refractivity contribution in [3.05, 3.63) is 47.4 Å². The van der Waals surface area contributed by atoms with E-state index in [0.29, 0.717) is 47.4 Å². The van der Waals surface area contributed by atoms with Crippen molar-refractivity contribution in [3.8, 4) is 5.88 Å². The van der Waals surface area contributed by atoms with E-state index in [1.807, 2.05) is 54.5 Å². The largest absolute Gasteiger partial charge is 0.616 e. The lowest BCUT2D eigenvalue weighted by Gasteiger charge is -2.27. The number of pyridine rings is 3. The van der Waals surface area contributed by atoms with E-state index >= 15 is 0 Å². The molecule has 10 heteroatoms. The van der Waals surface area contributed by atoms with E-state index in [9.17, 15) is 9.35 Å². The van der Waals surface area contributed by atoms with Crippen LogP contribution in [0.3, 0.4) is 0 Å². The molecular formula is C29H39N5O4S. The highest BCUT2D eigenvalue weighted by Gasteiger charge is 2.31. The summed E-state index contributed by atoms with van der Waals surface area (Å²) in [5.41, 5.74) is 8.14. The summed E-state index contributed by atoms with van der Waals surface area (Å²) in [5, 5.41) is 4.94. The molecule has 0 amide bonds. The zero-order valence-electron chi connectivity index (χ0n) is 23.8. The molecule has 0 saturated heterocycles. The normalized spacial score (nSPS) is 20.9. The van der Waals surface area contributed by atoms with E-state index in [1.165, 1.54) is 0 Å². The number of fused-ring (bicyclic) bond motifs is 2. The Labute approximate surface area is 233 Å². The molecule has 39 heavy (non-hydrogen) atoms. The second-order valence-electron chi connectivity index (χ2n) is 10.7. The number of nitrogens with zero attached hydrogens (tertiary/aromatic N) is 3. The average molecular weight is 554 g/mol. The van der Waals surface area contributed by atoms with Gasteiger partial charge in [0.25, 0.3) is 0 Å². The lowest BCUT2D eigenvalue weighted by Crippen LogP contribution is -2.32. The molecule has 4 heterocycles. The quantitative estimate of drug-likeness (QED) is 0.252. The number of anilines is 2. The predicted molar refractivity (Wildman–Crippen MR) is 155 cm³/mol. The number of ether oxygens (including phenoxy) is 2. The van der Waals surface area contributed by atoms with Crippen LogP contribution in [-0.4, -0.2) is 48.7 Å². The summed E-state index contributed by atoms with van der Waals surface area (Å²) in [7, 11) is 0. The van der Waals surface area contributed by atoms with Gasteiger partial charge in [-0.05, 0) is 70.2 Å². The van der Waals surface area contributed by atoms with Gasteiger partial charge in [-0.3, -0.25) is 0 Å². The van der Waals surface area contributed by atoms with E-state index in [2.05, 4.69) is 15.3 Å². The topological polar surface area (TPSA) is 135 Å². The Kier molecular flexibility index (Phi) is 8.68. The molecule has 6 atom stereocenters. The predicted octanol–water partition coefficient (Wildman–Crippen LogP) is 5.33. The van der Waals surface area contributed by atoms with Gasteiger partial charge in [-0.15, -0.1) is 0 Å². The maximum atomic E-state index is 12.3. The minimum atomic E-state index is -0.893. The molecule has 3 aromatic rings. The average Bonchev–Trinajstić information content (AvgIpc) is 2.91. The van der Waals surface area contributed by atoms with Crippen molar-refractivity contribution in [3.63, 3.8) is 0 Å². The molecule has 0 bridgehead atoms. The number of esters is 1. The summed E-state index contributed by atoms with van der Waals surface area (Å²) in [4.78, 5) is 26.3. The van der Waals surface area contributed by atoms with Crippen molar-refractivity contribution < 1.29 is 18.8 Å². The van der Waals surface area contributed by atoms with Crippen LogP contribution in [-0.2, 0) is 21.5 Å². The van der Waals surface area contributed by atoms with Gasteiger partial charge in [0.15, 0.2) is 0 Å². The summed E-state index contributed by atoms with van der Waals surface area (Å²) in [6, 6.07) is 5.42. The van der Waals surface area contributed by atoms with Crippen LogP contribution in [0.4, 0.5) is 11.6 Å². The van der Waals surface area contributed by atoms with Gasteiger partial charge in [-0.2, -0.15) is 0 Å². The van der Waals surface area contributed by atoms with Crippen molar-refractivity contribution in [1.29, 1.82) is 0 Å². The Balaban J connectivity index is 1.68. The molecule has 0 aromatic carbocycles. The van der Waals surface area contributed by atoms with Crippen molar-refractivity contribution in [2.45, 2.75) is 90.2 Å². The highest BCUT2D eigenvalue weighted by Crippen LogP contribution is 2.35. The number of carbonyl (C=O) groups is 1. The number of hydrogen-bond acceptors (Lipinski definition) is 9. The van der Waals surface area contributed by atoms with Crippen LogP contribution in [0.25, 0.3) is 10.8 Å². The Hall–Kier alpha value is -2.95. The van der Waals surface area contributed by atoms with Gasteiger partial charge in [0.05, 0.1) is 16.6 Å². The van der Waals surface area contributed by atoms with E-state index in [1.54, 1.807) is 24.5 Å². The third-order valence-corrected chi connectivity index (χ3v) is 9.28. The monoisotopic (exact) mass is 553 g/mol. The second kappa shape index (κ2) is 11.7. The highest BCUT2D eigenvalue weighted by molar-refractivity contribution is 7.91. The standard InChI is InChI=1S/C29H39N5O4S/c1-8-29(7,30)23-15-32-27(37-16(3)12-17(4)39(36)9-2)22-14-31-25(13-21(22)23)33-24-11-10-20-26(34-24)18(5)19(6)38-28(20)35/h10-11,13-19H,8-9,12,30H2,1-7H3,(H,31,33,34)/t16-,17?,18?,19+,29-,39?/m1/s1. The van der Waals surface area contributed by atoms with Crippen molar-refractivity contribution >= 4 is 39.6 Å². The molecule has 0 fully saturated rings. The fourth-order valence-electron chi connectivity index (χ4n) is 4.77. The molecular weight excluding hydrogens is 514 g/mol. The van der Waals surface area contributed by atoms with Crippen molar-refractivity contribution in [2.24, 2.45) is 5.73 Å². The number of nitrogens with one attached hydrogen (secondary N) is 1. The lowest BCUT2D eigenvalue weighted by atomic mass is 9.88. The maximum Gasteiger partial charge on any atom is 0.340 e. The summed E-state index contributed by atoms with van der Waals surface area (Å²) in [6.07, 6.45) is 4.44. The first-order chi connectivity index (χ1) is 18.4. The number of cyclic esters (lactones) is 1. The summed E-state index contributed by atoms with van der Waals surface area (Å²) < 4.78 is 23.8. The molecule has 1 aliphatic rings. The van der Waals surface area contributed by atoms with Gasteiger partial charge in [-0.1, -0.05) is 25.0 Å². The van der Waals surface area contributed by atoms with E-state index in [4.69, 9.17) is 20.2 Å². The van der Waals surface area contributed by atoms with Gasteiger partial charge in [0.2, 0.25) is 5.88 Å². The van der Waals surface area contributed by atoms with Crippen LogP contribution in [0, 0.1) is 0 Å². The molecule has 3 N–H and O–H groups in total. The van der Waals surface area contributed by atoms with E-state index < -0.39 is 16.7 Å². The number of hydrogen-bond donors (Lipinski definition) is 2. The van der Waals surface area contributed by atoms with Crippen LogP contribution in [0.1, 0.15) is 88.8 Å². The molecule has 0 saturated carbocycles. The lowest BCUT2D eigenvalue weighted by molar-refractivity contribution is 0.0235. The van der Waals surface area contributed by atoms with Crippen LogP contribution < -0.4 is 15.8 Å². The number of aromatic nitrogens is 3. The zero-order chi connectivity index (χ0) is 28.5. The van der Waals surface area contributed by atoms with Crippen LogP contribution >= 0.6 is 0 Å². The zero-order valence-corrected chi connectivity index (χ0v) is 24.6. The summed E-state index contributed by atoms with van der Waals surface area (Å²) >= 11 is -0.893. The third kappa shape index (κ3) is 6.13. The summed E-state index contributed by atoms with van der Waals surface area (Å²) in [6.45, 7) is 13.8. The first kappa shape index (κ1) is 29.0. The number of rotatable bonds is 10.